The van der Waals surface area contributed by atoms with Crippen LogP contribution in [0.25, 0.3) is 0 Å². The van der Waals surface area contributed by atoms with E-state index in [9.17, 15) is 0 Å². The predicted octanol–water partition coefficient (Wildman–Crippen LogP) is 3.32. The highest BCUT2D eigenvalue weighted by atomic mass is 35.5. The van der Waals surface area contributed by atoms with Crippen molar-refractivity contribution in [2.45, 2.75) is 26.7 Å². The number of halogens is 2. The third-order valence-electron chi connectivity index (χ3n) is 3.52. The van der Waals surface area contributed by atoms with Crippen molar-refractivity contribution < 1.29 is 26.6 Å². The molecule has 0 aliphatic heterocycles. The first-order chi connectivity index (χ1) is 13.0. The van der Waals surface area contributed by atoms with E-state index in [1.807, 2.05) is 45.0 Å². The van der Waals surface area contributed by atoms with Gasteiger partial charge in [0.1, 0.15) is 0 Å². The van der Waals surface area contributed by atoms with Gasteiger partial charge >= 0.3 is 17.6 Å². The lowest BCUT2D eigenvalue weighted by atomic mass is 10.2. The van der Waals surface area contributed by atoms with Crippen LogP contribution in [0.4, 0.5) is 0 Å². The Morgan fingerprint density at radius 1 is 0.741 bits per heavy atom. The molecule has 27 heavy (non-hydrogen) atoms. The number of hydrogen-bond acceptors (Lipinski definition) is 6. The first-order valence-corrected chi connectivity index (χ1v) is 13.5. The molecule has 0 aliphatic rings. The van der Waals surface area contributed by atoms with Crippen molar-refractivity contribution in [3.63, 3.8) is 0 Å². The zero-order valence-corrected chi connectivity index (χ0v) is 20.6. The summed E-state index contributed by atoms with van der Waals surface area (Å²) in [6, 6.07) is 7.75. The summed E-state index contributed by atoms with van der Waals surface area (Å²) in [7, 11) is -0.400. The van der Waals surface area contributed by atoms with Crippen LogP contribution in [0.1, 0.15) is 26.3 Å². The SMILES string of the molecule is CCO[Si](CCl)(OCC)OCC.CO[Si](OC)(OC)c1ccc(CCl)cc1. The Bertz CT molecular complexity index is 464. The fourth-order valence-electron chi connectivity index (χ4n) is 2.30. The lowest BCUT2D eigenvalue weighted by Crippen LogP contribution is -2.54. The van der Waals surface area contributed by atoms with Gasteiger partial charge in [0.05, 0.1) is 5.50 Å². The molecule has 1 aromatic carbocycles. The van der Waals surface area contributed by atoms with E-state index in [0.29, 0.717) is 31.2 Å². The molecule has 0 saturated heterocycles. The number of rotatable bonds is 12. The molecule has 0 bridgehead atoms. The molecular formula is C17H32Cl2O6Si2. The fourth-order valence-corrected chi connectivity index (χ4v) is 6.76. The van der Waals surface area contributed by atoms with E-state index in [1.54, 1.807) is 21.3 Å². The monoisotopic (exact) mass is 458 g/mol. The second kappa shape index (κ2) is 14.9. The highest BCUT2D eigenvalue weighted by Gasteiger charge is 2.40. The lowest BCUT2D eigenvalue weighted by molar-refractivity contribution is 0.0769. The Labute approximate surface area is 175 Å². The minimum atomic E-state index is -2.67. The highest BCUT2D eigenvalue weighted by Crippen LogP contribution is 2.11. The molecular weight excluding hydrogens is 427 g/mol. The third-order valence-corrected chi connectivity index (χ3v) is 9.98. The normalized spacial score (nSPS) is 11.9. The zero-order valence-electron chi connectivity index (χ0n) is 17.1. The largest absolute Gasteiger partial charge is 0.536 e. The van der Waals surface area contributed by atoms with E-state index in [2.05, 4.69) is 0 Å². The molecule has 0 N–H and O–H groups in total. The van der Waals surface area contributed by atoms with Crippen LogP contribution in [-0.2, 0) is 32.4 Å². The Kier molecular flexibility index (Phi) is 14.9. The summed E-state index contributed by atoms with van der Waals surface area (Å²) >= 11 is 11.5. The van der Waals surface area contributed by atoms with Crippen molar-refractivity contribution in [1.82, 2.24) is 0 Å². The van der Waals surface area contributed by atoms with E-state index in [1.165, 1.54) is 0 Å². The molecule has 0 fully saturated rings. The Morgan fingerprint density at radius 2 is 1.15 bits per heavy atom. The van der Waals surface area contributed by atoms with Crippen LogP contribution in [0, 0.1) is 0 Å². The Hall–Kier alpha value is -0.00623. The van der Waals surface area contributed by atoms with Crippen LogP contribution in [-0.4, -0.2) is 64.3 Å². The van der Waals surface area contributed by atoms with Gasteiger partial charge in [-0.25, -0.2) is 0 Å². The molecule has 0 saturated carbocycles. The van der Waals surface area contributed by atoms with Gasteiger partial charge in [-0.2, -0.15) is 0 Å². The van der Waals surface area contributed by atoms with Crippen molar-refractivity contribution >= 4 is 46.0 Å². The maximum absolute atomic E-state index is 5.75. The molecule has 0 atom stereocenters. The summed E-state index contributed by atoms with van der Waals surface area (Å²) < 4.78 is 32.3. The Morgan fingerprint density at radius 3 is 1.41 bits per heavy atom. The molecule has 0 heterocycles. The number of hydrogen-bond donors (Lipinski definition) is 0. The molecule has 0 aliphatic carbocycles. The van der Waals surface area contributed by atoms with E-state index in [4.69, 9.17) is 49.8 Å². The third kappa shape index (κ3) is 8.49. The van der Waals surface area contributed by atoms with Crippen LogP contribution in [0.2, 0.25) is 0 Å². The minimum Gasteiger partial charge on any atom is -0.373 e. The van der Waals surface area contributed by atoms with Gasteiger partial charge in [0, 0.05) is 52.2 Å². The molecule has 0 amide bonds. The van der Waals surface area contributed by atoms with Crippen molar-refractivity contribution in [2.75, 3.05) is 46.7 Å². The summed E-state index contributed by atoms with van der Waals surface area (Å²) in [5.74, 6) is 0.502. The number of alkyl halides is 2. The molecule has 6 nitrogen and oxygen atoms in total. The van der Waals surface area contributed by atoms with Crippen molar-refractivity contribution in [2.24, 2.45) is 0 Å². The van der Waals surface area contributed by atoms with Gasteiger partial charge in [-0.05, 0) is 26.3 Å². The quantitative estimate of drug-likeness (QED) is 0.353. The van der Waals surface area contributed by atoms with Gasteiger partial charge in [-0.1, -0.05) is 24.3 Å². The Balaban J connectivity index is 0.000000516. The zero-order chi connectivity index (χ0) is 20.8. The van der Waals surface area contributed by atoms with Gasteiger partial charge in [-0.15, -0.1) is 23.2 Å². The van der Waals surface area contributed by atoms with Crippen LogP contribution in [0.3, 0.4) is 0 Å². The summed E-state index contributed by atoms with van der Waals surface area (Å²) in [6.07, 6.45) is 0. The van der Waals surface area contributed by atoms with E-state index >= 15 is 0 Å². The average molecular weight is 460 g/mol. The van der Waals surface area contributed by atoms with Gasteiger partial charge in [0.15, 0.2) is 0 Å². The van der Waals surface area contributed by atoms with Crippen LogP contribution < -0.4 is 5.19 Å². The summed E-state index contributed by atoms with van der Waals surface area (Å²) in [4.78, 5) is 0. The van der Waals surface area contributed by atoms with E-state index in [-0.39, 0.29) is 0 Å². The standard InChI is InChI=1S/C10H15ClO3Si.C7H17ClO3Si/c1-12-15(13-2,14-3)10-6-4-9(8-11)5-7-10;1-4-9-12(7-8,10-5-2)11-6-3/h4-7H,8H2,1-3H3;4-7H2,1-3H3. The summed E-state index contributed by atoms with van der Waals surface area (Å²) in [6.45, 7) is 7.47. The van der Waals surface area contributed by atoms with Crippen LogP contribution in [0.15, 0.2) is 24.3 Å². The van der Waals surface area contributed by atoms with Crippen LogP contribution in [0.5, 0.6) is 0 Å². The average Bonchev–Trinajstić information content (AvgIpc) is 2.71. The van der Waals surface area contributed by atoms with Gasteiger partial charge < -0.3 is 26.6 Å². The minimum absolute atomic E-state index is 0.322. The first-order valence-electron chi connectivity index (χ1n) is 8.75. The maximum Gasteiger partial charge on any atom is 0.536 e. The maximum atomic E-state index is 5.75. The molecule has 1 rings (SSSR count). The molecule has 1 aromatic rings. The molecule has 0 unspecified atom stereocenters. The fraction of sp³-hybridized carbons (Fsp3) is 0.647. The topological polar surface area (TPSA) is 55.4 Å². The van der Waals surface area contributed by atoms with Crippen molar-refractivity contribution in [3.8, 4) is 0 Å². The molecule has 0 spiro atoms. The molecule has 0 radical (unpaired) electrons. The van der Waals surface area contributed by atoms with Gasteiger partial charge in [0.2, 0.25) is 0 Å². The highest BCUT2D eigenvalue weighted by molar-refractivity contribution is 6.75. The van der Waals surface area contributed by atoms with E-state index in [0.717, 1.165) is 10.8 Å². The van der Waals surface area contributed by atoms with Crippen molar-refractivity contribution in [1.29, 1.82) is 0 Å². The first kappa shape index (κ1) is 27.0. The van der Waals surface area contributed by atoms with Gasteiger partial charge in [0.25, 0.3) is 0 Å². The molecule has 10 heteroatoms. The summed E-state index contributed by atoms with van der Waals surface area (Å²) in [5, 5.41) is 0.934. The van der Waals surface area contributed by atoms with Gasteiger partial charge in [-0.3, -0.25) is 0 Å². The lowest BCUT2D eigenvalue weighted by Gasteiger charge is -2.25. The second-order valence-corrected chi connectivity index (χ2v) is 11.6. The summed E-state index contributed by atoms with van der Waals surface area (Å²) in [5.41, 5.74) is 1.38. The second-order valence-electron chi connectivity index (χ2n) is 5.11. The number of benzene rings is 1. The predicted molar refractivity (Wildman–Crippen MR) is 114 cm³/mol. The molecule has 0 aromatic heterocycles. The van der Waals surface area contributed by atoms with Crippen LogP contribution >= 0.6 is 23.2 Å². The van der Waals surface area contributed by atoms with E-state index < -0.39 is 17.6 Å². The molecule has 158 valence electrons. The smallest absolute Gasteiger partial charge is 0.373 e. The van der Waals surface area contributed by atoms with Crippen molar-refractivity contribution in [3.05, 3.63) is 29.8 Å².